The first-order chi connectivity index (χ1) is 4.22. The van der Waals surface area contributed by atoms with E-state index in [2.05, 4.69) is 0 Å². The monoisotopic (exact) mass is 107 g/mol. The third-order valence-corrected chi connectivity index (χ3v) is 1.10. The molecular weight excluding hydrogens is 98.1 g/mol. The number of benzene rings is 1. The van der Waals surface area contributed by atoms with Gasteiger partial charge in [-0.15, -0.1) is 0 Å². The zero-order chi connectivity index (χ0) is 6.85. The molecule has 1 aromatic rings. The Morgan fingerprint density at radius 1 is 1.62 bits per heavy atom. The second kappa shape index (κ2) is 1.86. The first-order valence-corrected chi connectivity index (χ1v) is 2.53. The van der Waals surface area contributed by atoms with Crippen LogP contribution in [-0.2, 0) is 0 Å². The molecule has 1 heteroatoms. The number of rotatable bonds is 0. The Morgan fingerprint density at radius 3 is 2.88 bits per heavy atom. The molecule has 0 aliphatic rings. The van der Waals surface area contributed by atoms with Gasteiger partial charge in [0.2, 0.25) is 0 Å². The molecule has 0 fully saturated rings. The summed E-state index contributed by atoms with van der Waals surface area (Å²) in [6, 6.07) is 5.82. The molecule has 0 atom stereocenters. The summed E-state index contributed by atoms with van der Waals surface area (Å²) in [4.78, 5) is 0. The van der Waals surface area contributed by atoms with Crippen molar-refractivity contribution < 1.29 is 1.37 Å². The smallest absolute Gasteiger partial charge is 0.0626 e. The van der Waals surface area contributed by atoms with Gasteiger partial charge in [-0.3, -0.25) is 0 Å². The molecule has 1 aromatic carbocycles. The van der Waals surface area contributed by atoms with E-state index in [0.29, 0.717) is 11.7 Å². The molecule has 0 aliphatic heterocycles. The lowest BCUT2D eigenvalue weighted by Crippen LogP contribution is -1.85. The van der Waals surface area contributed by atoms with Crippen LogP contribution in [0.3, 0.4) is 0 Å². The van der Waals surface area contributed by atoms with Crippen molar-refractivity contribution in [1.29, 1.82) is 0 Å². The summed E-state index contributed by atoms with van der Waals surface area (Å²) in [5, 5.41) is 0. The number of hydrogen-bond donors (Lipinski definition) is 1. The van der Waals surface area contributed by atoms with Crippen LogP contribution < -0.4 is 5.73 Å². The van der Waals surface area contributed by atoms with E-state index in [1.807, 2.05) is 6.92 Å². The average Bonchev–Trinajstić information content (AvgIpc) is 1.83. The SMILES string of the molecule is [1H]c1cccc(N)c1C. The first-order valence-electron chi connectivity index (χ1n) is 3.03. The zero-order valence-electron chi connectivity index (χ0n) is 5.81. The van der Waals surface area contributed by atoms with Gasteiger partial charge >= 0.3 is 0 Å². The van der Waals surface area contributed by atoms with Gasteiger partial charge in [-0.25, -0.2) is 0 Å². The van der Waals surface area contributed by atoms with Gasteiger partial charge in [-0.2, -0.15) is 0 Å². The Bertz CT molecular complexity index is 200. The van der Waals surface area contributed by atoms with Gasteiger partial charge in [-0.05, 0) is 18.6 Å². The van der Waals surface area contributed by atoms with Gasteiger partial charge in [0.25, 0.3) is 0 Å². The van der Waals surface area contributed by atoms with Gasteiger partial charge in [0.15, 0.2) is 0 Å². The van der Waals surface area contributed by atoms with Crippen LogP contribution in [0.4, 0.5) is 5.69 Å². The molecule has 0 aromatic heterocycles. The van der Waals surface area contributed by atoms with Crippen LogP contribution in [0.2, 0.25) is 0 Å². The molecule has 0 saturated carbocycles. The minimum atomic E-state index is 0.509. The Morgan fingerprint density at radius 2 is 2.38 bits per heavy atom. The second-order valence-corrected chi connectivity index (χ2v) is 1.75. The summed E-state index contributed by atoms with van der Waals surface area (Å²) < 4.78 is 7.28. The highest BCUT2D eigenvalue weighted by Gasteiger charge is 1.84. The van der Waals surface area contributed by atoms with E-state index >= 15 is 0 Å². The van der Waals surface area contributed by atoms with E-state index in [1.54, 1.807) is 18.2 Å². The standard InChI is InChI=1S/C7H9N/c1-6-4-2-3-5-7(6)8/h2-5H,8H2,1H3/i4H. The van der Waals surface area contributed by atoms with E-state index in [4.69, 9.17) is 7.10 Å². The molecule has 0 unspecified atom stereocenters. The lowest BCUT2D eigenvalue weighted by Gasteiger charge is -1.93. The van der Waals surface area contributed by atoms with Crippen LogP contribution in [-0.4, -0.2) is 0 Å². The molecule has 0 radical (unpaired) electrons. The molecule has 2 N–H and O–H groups in total. The summed E-state index contributed by atoms with van der Waals surface area (Å²) in [6.07, 6.45) is 0. The molecule has 1 nitrogen and oxygen atoms in total. The zero-order valence-corrected chi connectivity index (χ0v) is 4.81. The van der Waals surface area contributed by atoms with Crippen molar-refractivity contribution in [3.8, 4) is 0 Å². The Hall–Kier alpha value is -0.980. The predicted octanol–water partition coefficient (Wildman–Crippen LogP) is 1.58. The summed E-state index contributed by atoms with van der Waals surface area (Å²) in [5.41, 5.74) is 7.06. The van der Waals surface area contributed by atoms with E-state index in [1.165, 1.54) is 0 Å². The van der Waals surface area contributed by atoms with Crippen molar-refractivity contribution in [2.75, 3.05) is 5.73 Å². The van der Waals surface area contributed by atoms with Crippen LogP contribution in [0.1, 0.15) is 6.93 Å². The van der Waals surface area contributed by atoms with Crippen LogP contribution in [0.25, 0.3) is 0 Å². The molecule has 0 spiro atoms. The third kappa shape index (κ3) is 0.808. The van der Waals surface area contributed by atoms with Crippen molar-refractivity contribution in [3.05, 3.63) is 29.8 Å². The maximum absolute atomic E-state index is 7.28. The Kier molecular flexibility index (Phi) is 0.922. The summed E-state index contributed by atoms with van der Waals surface area (Å²) >= 11 is 0. The summed E-state index contributed by atoms with van der Waals surface area (Å²) in [7, 11) is 0. The highest BCUT2D eigenvalue weighted by Crippen LogP contribution is 2.06. The highest BCUT2D eigenvalue weighted by atomic mass is 14.5. The van der Waals surface area contributed by atoms with Crippen molar-refractivity contribution in [1.82, 2.24) is 0 Å². The van der Waals surface area contributed by atoms with Gasteiger partial charge < -0.3 is 5.73 Å². The molecule has 0 heterocycles. The molecule has 8 heavy (non-hydrogen) atoms. The van der Waals surface area contributed by atoms with Gasteiger partial charge in [0, 0.05) is 5.69 Å². The predicted molar refractivity (Wildman–Crippen MR) is 35.6 cm³/mol. The number of nitrogens with two attached hydrogens (primary N) is 1. The molecule has 0 amide bonds. The molecular formula is C7H9N. The number of hydrogen-bond acceptors (Lipinski definition) is 1. The summed E-state index contributed by atoms with van der Waals surface area (Å²) in [6.45, 7) is 1.84. The number of anilines is 1. The highest BCUT2D eigenvalue weighted by molar-refractivity contribution is 5.44. The van der Waals surface area contributed by atoms with Gasteiger partial charge in [-0.1, -0.05) is 18.2 Å². The number of para-hydroxylation sites is 1. The van der Waals surface area contributed by atoms with Crippen LogP contribution in [0.5, 0.6) is 0 Å². The fourth-order valence-corrected chi connectivity index (χ4v) is 0.533. The average molecular weight is 107 g/mol. The lowest BCUT2D eigenvalue weighted by atomic mass is 10.2. The van der Waals surface area contributed by atoms with Crippen LogP contribution in [0.15, 0.2) is 24.2 Å². The molecule has 0 saturated heterocycles. The van der Waals surface area contributed by atoms with Gasteiger partial charge in [0.05, 0.1) is 1.37 Å². The number of nitrogen functional groups attached to an aromatic ring is 1. The maximum atomic E-state index is 7.28. The molecule has 0 bridgehead atoms. The lowest BCUT2D eigenvalue weighted by molar-refractivity contribution is 1.47. The topological polar surface area (TPSA) is 26.0 Å². The molecule has 42 valence electrons. The Labute approximate surface area is 50.5 Å². The van der Waals surface area contributed by atoms with E-state index < -0.39 is 0 Å². The van der Waals surface area contributed by atoms with Crippen molar-refractivity contribution in [2.24, 2.45) is 0 Å². The normalized spacial score (nSPS) is 10.9. The van der Waals surface area contributed by atoms with E-state index in [0.717, 1.165) is 5.56 Å². The minimum absolute atomic E-state index is 0.509. The largest absolute Gasteiger partial charge is 0.399 e. The maximum Gasteiger partial charge on any atom is 0.0626 e. The van der Waals surface area contributed by atoms with Crippen LogP contribution >= 0.6 is 0 Å². The van der Waals surface area contributed by atoms with Crippen LogP contribution in [0, 0.1) is 6.92 Å². The molecule has 0 aliphatic carbocycles. The quantitative estimate of drug-likeness (QED) is 0.500. The fourth-order valence-electron chi connectivity index (χ4n) is 0.533. The van der Waals surface area contributed by atoms with Gasteiger partial charge in [0.1, 0.15) is 0 Å². The van der Waals surface area contributed by atoms with Crippen molar-refractivity contribution in [2.45, 2.75) is 6.92 Å². The van der Waals surface area contributed by atoms with Crippen molar-refractivity contribution in [3.63, 3.8) is 0 Å². The van der Waals surface area contributed by atoms with E-state index in [9.17, 15) is 0 Å². The van der Waals surface area contributed by atoms with Crippen molar-refractivity contribution >= 4 is 5.69 Å². The van der Waals surface area contributed by atoms with E-state index in [-0.39, 0.29) is 0 Å². The third-order valence-electron chi connectivity index (χ3n) is 1.10. The summed E-state index contributed by atoms with van der Waals surface area (Å²) in [5.74, 6) is 0. The second-order valence-electron chi connectivity index (χ2n) is 1.75. The molecule has 1 rings (SSSR count). The fraction of sp³-hybridized carbons (Fsp3) is 0.143. The first kappa shape index (κ1) is 3.96. The Balaban J connectivity index is 3.25. The minimum Gasteiger partial charge on any atom is -0.399 e.